The predicted octanol–water partition coefficient (Wildman–Crippen LogP) is 4.33. The van der Waals surface area contributed by atoms with Crippen LogP contribution in [-0.2, 0) is 27.2 Å². The molecule has 29 heavy (non-hydrogen) atoms. The third-order valence-corrected chi connectivity index (χ3v) is 4.88. The van der Waals surface area contributed by atoms with Crippen molar-refractivity contribution in [1.29, 1.82) is 0 Å². The number of amides is 1. The molecular weight excluding hydrogens is 364 g/mol. The standard InChI is InChI=1S/C24H28N2O3/c1-16(2)12-18-8-10-19(11-9-18)17(3)26-23(27)15-29-24(28)13-20-14-25-22-7-5-4-6-21(20)22/h4-11,14,16-17,25H,12-13,15H2,1-3H3,(H,26,27)/t17-/m0/s1. The fourth-order valence-electron chi connectivity index (χ4n) is 3.41. The number of aromatic nitrogens is 1. The highest BCUT2D eigenvalue weighted by molar-refractivity contribution is 5.88. The Morgan fingerprint density at radius 3 is 2.48 bits per heavy atom. The van der Waals surface area contributed by atoms with Gasteiger partial charge in [-0.2, -0.15) is 0 Å². The molecule has 0 saturated carbocycles. The van der Waals surface area contributed by atoms with Gasteiger partial charge in [-0.25, -0.2) is 0 Å². The fraction of sp³-hybridized carbons (Fsp3) is 0.333. The third kappa shape index (κ3) is 5.70. The van der Waals surface area contributed by atoms with Crippen LogP contribution in [0.1, 0.15) is 43.5 Å². The van der Waals surface area contributed by atoms with Crippen LogP contribution in [0.4, 0.5) is 0 Å². The molecule has 3 aromatic rings. The van der Waals surface area contributed by atoms with Gasteiger partial charge in [0.2, 0.25) is 0 Å². The molecule has 1 atom stereocenters. The topological polar surface area (TPSA) is 71.2 Å². The van der Waals surface area contributed by atoms with Crippen LogP contribution in [0, 0.1) is 5.92 Å². The van der Waals surface area contributed by atoms with E-state index in [0.29, 0.717) is 5.92 Å². The van der Waals surface area contributed by atoms with Crippen LogP contribution in [0.2, 0.25) is 0 Å². The Morgan fingerprint density at radius 1 is 1.03 bits per heavy atom. The number of aromatic amines is 1. The first kappa shape index (κ1) is 20.6. The lowest BCUT2D eigenvalue weighted by molar-refractivity contribution is -0.148. The molecule has 5 heteroatoms. The molecular formula is C24H28N2O3. The van der Waals surface area contributed by atoms with Gasteiger partial charge >= 0.3 is 5.97 Å². The van der Waals surface area contributed by atoms with E-state index in [9.17, 15) is 9.59 Å². The molecule has 0 bridgehead atoms. The summed E-state index contributed by atoms with van der Waals surface area (Å²) in [4.78, 5) is 27.4. The number of hydrogen-bond acceptors (Lipinski definition) is 3. The molecule has 0 spiro atoms. The Bertz CT molecular complexity index is 973. The van der Waals surface area contributed by atoms with Crippen molar-refractivity contribution in [2.75, 3.05) is 6.61 Å². The van der Waals surface area contributed by atoms with Crippen LogP contribution in [0.5, 0.6) is 0 Å². The van der Waals surface area contributed by atoms with E-state index < -0.39 is 5.97 Å². The Hall–Kier alpha value is -3.08. The van der Waals surface area contributed by atoms with Crippen molar-refractivity contribution in [2.45, 2.75) is 39.7 Å². The fourth-order valence-corrected chi connectivity index (χ4v) is 3.41. The van der Waals surface area contributed by atoms with Gasteiger partial charge in [0.15, 0.2) is 6.61 Å². The Kier molecular flexibility index (Phi) is 6.70. The summed E-state index contributed by atoms with van der Waals surface area (Å²) in [6.45, 7) is 6.02. The van der Waals surface area contributed by atoms with E-state index in [2.05, 4.69) is 36.3 Å². The zero-order chi connectivity index (χ0) is 20.8. The first-order valence-corrected chi connectivity index (χ1v) is 10.0. The molecule has 0 aliphatic rings. The number of para-hydroxylation sites is 1. The van der Waals surface area contributed by atoms with Crippen molar-refractivity contribution in [3.8, 4) is 0 Å². The van der Waals surface area contributed by atoms with Crippen molar-refractivity contribution in [3.63, 3.8) is 0 Å². The predicted molar refractivity (Wildman–Crippen MR) is 115 cm³/mol. The molecule has 1 amide bonds. The van der Waals surface area contributed by atoms with Crippen LogP contribution < -0.4 is 5.32 Å². The molecule has 2 aromatic carbocycles. The first-order chi connectivity index (χ1) is 13.9. The zero-order valence-electron chi connectivity index (χ0n) is 17.2. The minimum absolute atomic E-state index is 0.129. The van der Waals surface area contributed by atoms with Crippen LogP contribution in [0.15, 0.2) is 54.7 Å². The lowest BCUT2D eigenvalue weighted by Gasteiger charge is -2.15. The van der Waals surface area contributed by atoms with Gasteiger partial charge in [0.05, 0.1) is 12.5 Å². The highest BCUT2D eigenvalue weighted by atomic mass is 16.5. The number of H-pyrrole nitrogens is 1. The normalized spacial score (nSPS) is 12.1. The smallest absolute Gasteiger partial charge is 0.310 e. The maximum atomic E-state index is 12.2. The maximum Gasteiger partial charge on any atom is 0.310 e. The highest BCUT2D eigenvalue weighted by Gasteiger charge is 2.14. The number of carbonyl (C=O) groups is 2. The number of benzene rings is 2. The van der Waals surface area contributed by atoms with Gasteiger partial charge in [-0.1, -0.05) is 56.3 Å². The largest absolute Gasteiger partial charge is 0.455 e. The van der Waals surface area contributed by atoms with Crippen LogP contribution in [0.25, 0.3) is 10.9 Å². The van der Waals surface area contributed by atoms with Crippen molar-refractivity contribution in [1.82, 2.24) is 10.3 Å². The molecule has 1 aromatic heterocycles. The van der Waals surface area contributed by atoms with E-state index in [0.717, 1.165) is 28.5 Å². The molecule has 0 saturated heterocycles. The SMILES string of the molecule is CC(C)Cc1ccc([C@H](C)NC(=O)COC(=O)Cc2c[nH]c3ccccc23)cc1. The van der Waals surface area contributed by atoms with Gasteiger partial charge < -0.3 is 15.0 Å². The molecule has 0 aliphatic carbocycles. The number of rotatable bonds is 8. The van der Waals surface area contributed by atoms with E-state index in [4.69, 9.17) is 4.74 Å². The van der Waals surface area contributed by atoms with Gasteiger partial charge in [-0.15, -0.1) is 0 Å². The Balaban J connectivity index is 1.47. The van der Waals surface area contributed by atoms with Gasteiger partial charge in [0, 0.05) is 17.1 Å². The number of nitrogens with one attached hydrogen (secondary N) is 2. The summed E-state index contributed by atoms with van der Waals surface area (Å²) in [6.07, 6.45) is 2.97. The third-order valence-electron chi connectivity index (χ3n) is 4.88. The number of carbonyl (C=O) groups excluding carboxylic acids is 2. The van der Waals surface area contributed by atoms with E-state index in [-0.39, 0.29) is 25.0 Å². The van der Waals surface area contributed by atoms with E-state index in [1.165, 1.54) is 5.56 Å². The Morgan fingerprint density at radius 2 is 1.76 bits per heavy atom. The molecule has 152 valence electrons. The van der Waals surface area contributed by atoms with E-state index >= 15 is 0 Å². The number of fused-ring (bicyclic) bond motifs is 1. The van der Waals surface area contributed by atoms with Crippen molar-refractivity contribution in [2.24, 2.45) is 5.92 Å². The zero-order valence-corrected chi connectivity index (χ0v) is 17.2. The molecule has 0 unspecified atom stereocenters. The minimum Gasteiger partial charge on any atom is -0.455 e. The summed E-state index contributed by atoms with van der Waals surface area (Å²) in [7, 11) is 0. The second-order valence-electron chi connectivity index (χ2n) is 7.83. The molecule has 3 rings (SSSR count). The van der Waals surface area contributed by atoms with E-state index in [1.54, 1.807) is 6.20 Å². The monoisotopic (exact) mass is 392 g/mol. The van der Waals surface area contributed by atoms with Crippen LogP contribution in [0.3, 0.4) is 0 Å². The van der Waals surface area contributed by atoms with Crippen molar-refractivity contribution < 1.29 is 14.3 Å². The number of esters is 1. The van der Waals surface area contributed by atoms with Crippen LogP contribution >= 0.6 is 0 Å². The maximum absolute atomic E-state index is 12.2. The molecule has 1 heterocycles. The summed E-state index contributed by atoms with van der Waals surface area (Å²) in [6, 6.07) is 15.9. The summed E-state index contributed by atoms with van der Waals surface area (Å²) >= 11 is 0. The second-order valence-corrected chi connectivity index (χ2v) is 7.83. The minimum atomic E-state index is -0.421. The van der Waals surface area contributed by atoms with Gasteiger partial charge in [-0.05, 0) is 42.0 Å². The summed E-state index contributed by atoms with van der Waals surface area (Å²) in [5, 5.41) is 3.87. The lowest BCUT2D eigenvalue weighted by Crippen LogP contribution is -2.31. The average molecular weight is 392 g/mol. The molecule has 2 N–H and O–H groups in total. The Labute approximate surface area is 171 Å². The highest BCUT2D eigenvalue weighted by Crippen LogP contribution is 2.18. The summed E-state index contributed by atoms with van der Waals surface area (Å²) in [5.41, 5.74) is 4.15. The number of ether oxygens (including phenoxy) is 1. The first-order valence-electron chi connectivity index (χ1n) is 10.0. The van der Waals surface area contributed by atoms with E-state index in [1.807, 2.05) is 43.3 Å². The quantitative estimate of drug-likeness (QED) is 0.561. The lowest BCUT2D eigenvalue weighted by atomic mass is 10.00. The summed E-state index contributed by atoms with van der Waals surface area (Å²) in [5.74, 6) is -0.122. The van der Waals surface area contributed by atoms with Crippen molar-refractivity contribution in [3.05, 3.63) is 71.4 Å². The van der Waals surface area contributed by atoms with Crippen LogP contribution in [-0.4, -0.2) is 23.5 Å². The molecule has 0 fully saturated rings. The molecule has 0 aliphatic heterocycles. The molecule has 0 radical (unpaired) electrons. The van der Waals surface area contributed by atoms with Gasteiger partial charge in [0.25, 0.3) is 5.91 Å². The number of hydrogen-bond donors (Lipinski definition) is 2. The van der Waals surface area contributed by atoms with Gasteiger partial charge in [0.1, 0.15) is 0 Å². The summed E-state index contributed by atoms with van der Waals surface area (Å²) < 4.78 is 5.16. The van der Waals surface area contributed by atoms with Gasteiger partial charge in [-0.3, -0.25) is 9.59 Å². The average Bonchev–Trinajstić information content (AvgIpc) is 3.09. The second kappa shape index (κ2) is 9.41. The van der Waals surface area contributed by atoms with Crippen molar-refractivity contribution >= 4 is 22.8 Å². The molecule has 5 nitrogen and oxygen atoms in total.